The highest BCUT2D eigenvalue weighted by atomic mass is 16.2. The molecule has 0 aromatic carbocycles. The number of rotatable bonds is 13. The van der Waals surface area contributed by atoms with Crippen molar-refractivity contribution < 1.29 is 14.4 Å². The van der Waals surface area contributed by atoms with Gasteiger partial charge < -0.3 is 31.8 Å². The zero-order valence-corrected chi connectivity index (χ0v) is 12.5. The zero-order valence-electron chi connectivity index (χ0n) is 12.5. The van der Waals surface area contributed by atoms with Crippen LogP contribution in [0.5, 0.6) is 0 Å². The third kappa shape index (κ3) is 12.0. The van der Waals surface area contributed by atoms with E-state index in [2.05, 4.69) is 10.6 Å². The Morgan fingerprint density at radius 2 is 1.38 bits per heavy atom. The lowest BCUT2D eigenvalue weighted by atomic mass is 10.3. The molecule has 0 fully saturated rings. The summed E-state index contributed by atoms with van der Waals surface area (Å²) >= 11 is 0. The molecule has 0 aromatic rings. The monoisotopic (exact) mass is 301 g/mol. The summed E-state index contributed by atoms with van der Waals surface area (Å²) in [6.07, 6.45) is 1.86. The van der Waals surface area contributed by atoms with Crippen molar-refractivity contribution in [2.75, 3.05) is 45.8 Å². The van der Waals surface area contributed by atoms with E-state index in [0.29, 0.717) is 65.1 Å². The van der Waals surface area contributed by atoms with Crippen LogP contribution in [0.4, 0.5) is 0 Å². The summed E-state index contributed by atoms with van der Waals surface area (Å²) < 4.78 is 0. The molecule has 0 bridgehead atoms. The molecule has 2 amide bonds. The Balaban J connectivity index is 4.03. The van der Waals surface area contributed by atoms with Crippen molar-refractivity contribution in [1.29, 1.82) is 0 Å². The van der Waals surface area contributed by atoms with Gasteiger partial charge in [0.1, 0.15) is 6.29 Å². The van der Waals surface area contributed by atoms with E-state index < -0.39 is 0 Å². The second-order valence-electron chi connectivity index (χ2n) is 4.57. The fourth-order valence-corrected chi connectivity index (χ4v) is 1.69. The number of carbonyl (C=O) groups excluding carboxylic acids is 3. The molecule has 0 radical (unpaired) electrons. The summed E-state index contributed by atoms with van der Waals surface area (Å²) in [4.78, 5) is 35.4. The molecule has 8 heteroatoms. The summed E-state index contributed by atoms with van der Waals surface area (Å²) in [7, 11) is 0. The van der Waals surface area contributed by atoms with Crippen LogP contribution in [0.25, 0.3) is 0 Å². The minimum absolute atomic E-state index is 0.0795. The zero-order chi connectivity index (χ0) is 15.9. The second-order valence-corrected chi connectivity index (χ2v) is 4.57. The van der Waals surface area contributed by atoms with E-state index in [9.17, 15) is 14.4 Å². The Labute approximate surface area is 125 Å². The van der Waals surface area contributed by atoms with Gasteiger partial charge in [-0.25, -0.2) is 0 Å². The van der Waals surface area contributed by atoms with Crippen LogP contribution < -0.4 is 22.1 Å². The maximum absolute atomic E-state index is 11.5. The van der Waals surface area contributed by atoms with Crippen molar-refractivity contribution in [3.63, 3.8) is 0 Å². The minimum Gasteiger partial charge on any atom is -0.355 e. The van der Waals surface area contributed by atoms with Gasteiger partial charge in [-0.3, -0.25) is 9.59 Å². The molecule has 0 heterocycles. The Bertz CT molecular complexity index is 288. The lowest BCUT2D eigenvalue weighted by Crippen LogP contribution is -2.36. The van der Waals surface area contributed by atoms with Gasteiger partial charge >= 0.3 is 0 Å². The lowest BCUT2D eigenvalue weighted by molar-refractivity contribution is -0.121. The smallest absolute Gasteiger partial charge is 0.221 e. The molecule has 8 nitrogen and oxygen atoms in total. The molecule has 0 aliphatic heterocycles. The maximum atomic E-state index is 11.5. The van der Waals surface area contributed by atoms with E-state index in [1.165, 1.54) is 0 Å². The lowest BCUT2D eigenvalue weighted by Gasteiger charge is -2.20. The number of aldehydes is 1. The van der Waals surface area contributed by atoms with Crippen molar-refractivity contribution in [2.45, 2.75) is 19.3 Å². The molecule has 122 valence electrons. The summed E-state index contributed by atoms with van der Waals surface area (Å²) in [6.45, 7) is 3.27. The molecule has 0 atom stereocenters. The predicted octanol–water partition coefficient (Wildman–Crippen LogP) is -2.19. The van der Waals surface area contributed by atoms with Crippen LogP contribution in [0.3, 0.4) is 0 Å². The first kappa shape index (κ1) is 19.5. The highest BCUT2D eigenvalue weighted by molar-refractivity contribution is 5.76. The average molecular weight is 301 g/mol. The molecule has 0 rings (SSSR count). The summed E-state index contributed by atoms with van der Waals surface area (Å²) in [6, 6.07) is 0. The molecule has 21 heavy (non-hydrogen) atoms. The molecule has 0 saturated heterocycles. The van der Waals surface area contributed by atoms with E-state index in [1.807, 2.05) is 4.90 Å². The average Bonchev–Trinajstić information content (AvgIpc) is 2.49. The molecular weight excluding hydrogens is 274 g/mol. The molecule has 0 saturated carbocycles. The largest absolute Gasteiger partial charge is 0.355 e. The highest BCUT2D eigenvalue weighted by Gasteiger charge is 2.10. The Kier molecular flexibility index (Phi) is 12.5. The molecule has 6 N–H and O–H groups in total. The van der Waals surface area contributed by atoms with Gasteiger partial charge in [0.25, 0.3) is 0 Å². The molecule has 0 spiro atoms. The van der Waals surface area contributed by atoms with Crippen molar-refractivity contribution in [3.8, 4) is 0 Å². The quantitative estimate of drug-likeness (QED) is 0.286. The first-order chi connectivity index (χ1) is 10.1. The van der Waals surface area contributed by atoms with Gasteiger partial charge in [0.05, 0.1) is 0 Å². The van der Waals surface area contributed by atoms with Gasteiger partial charge in [-0.05, 0) is 0 Å². The van der Waals surface area contributed by atoms with Crippen LogP contribution in [-0.2, 0) is 14.4 Å². The van der Waals surface area contributed by atoms with E-state index in [1.54, 1.807) is 0 Å². The van der Waals surface area contributed by atoms with E-state index >= 15 is 0 Å². The molecule has 0 unspecified atom stereocenters. The van der Waals surface area contributed by atoms with Gasteiger partial charge in [-0.1, -0.05) is 0 Å². The van der Waals surface area contributed by atoms with Gasteiger partial charge in [-0.15, -0.1) is 0 Å². The number of nitrogens with two attached hydrogens (primary N) is 2. The van der Waals surface area contributed by atoms with Crippen LogP contribution in [0.1, 0.15) is 19.3 Å². The summed E-state index contributed by atoms with van der Waals surface area (Å²) in [5.41, 5.74) is 10.6. The normalized spacial score (nSPS) is 10.4. The second kappa shape index (κ2) is 13.5. The third-order valence-electron chi connectivity index (χ3n) is 2.81. The third-order valence-corrected chi connectivity index (χ3v) is 2.81. The van der Waals surface area contributed by atoms with E-state index in [4.69, 9.17) is 11.5 Å². The van der Waals surface area contributed by atoms with Gasteiger partial charge in [-0.2, -0.15) is 0 Å². The van der Waals surface area contributed by atoms with E-state index in [0.717, 1.165) is 6.29 Å². The van der Waals surface area contributed by atoms with Crippen LogP contribution in [0.2, 0.25) is 0 Å². The fraction of sp³-hybridized carbons (Fsp3) is 0.769. The van der Waals surface area contributed by atoms with Gasteiger partial charge in [0, 0.05) is 65.1 Å². The predicted molar refractivity (Wildman–Crippen MR) is 80.5 cm³/mol. The first-order valence-corrected chi connectivity index (χ1v) is 7.23. The topological polar surface area (TPSA) is 131 Å². The van der Waals surface area contributed by atoms with Crippen molar-refractivity contribution in [3.05, 3.63) is 0 Å². The molecule has 0 aliphatic carbocycles. The number of hydrogen-bond acceptors (Lipinski definition) is 6. The van der Waals surface area contributed by atoms with Crippen LogP contribution in [0.15, 0.2) is 0 Å². The number of carbonyl (C=O) groups is 3. The fourth-order valence-electron chi connectivity index (χ4n) is 1.69. The molecule has 0 aliphatic rings. The SMILES string of the molecule is NCCNC(=O)CCN(CCC=O)CCC(=O)NCCN. The van der Waals surface area contributed by atoms with Crippen molar-refractivity contribution >= 4 is 18.1 Å². The summed E-state index contributed by atoms with van der Waals surface area (Å²) in [5, 5.41) is 5.37. The van der Waals surface area contributed by atoms with Crippen LogP contribution in [-0.4, -0.2) is 68.8 Å². The molecular formula is C13H27N5O3. The van der Waals surface area contributed by atoms with Gasteiger partial charge in [0.2, 0.25) is 11.8 Å². The van der Waals surface area contributed by atoms with E-state index in [-0.39, 0.29) is 11.8 Å². The Hall–Kier alpha value is -1.51. The Morgan fingerprint density at radius 3 is 1.76 bits per heavy atom. The standard InChI is InChI=1S/C13H27N5O3/c14-4-6-16-12(20)2-9-18(8-1-11-19)10-3-13(21)17-7-5-15/h11H,1-10,14-15H2,(H,16,20)(H,17,21). The first-order valence-electron chi connectivity index (χ1n) is 7.23. The maximum Gasteiger partial charge on any atom is 0.221 e. The van der Waals surface area contributed by atoms with Crippen molar-refractivity contribution in [1.82, 2.24) is 15.5 Å². The number of hydrogen-bond donors (Lipinski definition) is 4. The molecule has 0 aromatic heterocycles. The number of amides is 2. The highest BCUT2D eigenvalue weighted by Crippen LogP contribution is 1.96. The Morgan fingerprint density at radius 1 is 0.905 bits per heavy atom. The van der Waals surface area contributed by atoms with Crippen LogP contribution in [0, 0.1) is 0 Å². The minimum atomic E-state index is -0.0795. The van der Waals surface area contributed by atoms with Crippen LogP contribution >= 0.6 is 0 Å². The number of nitrogens with one attached hydrogen (secondary N) is 2. The number of nitrogens with zero attached hydrogens (tertiary/aromatic N) is 1. The summed E-state index contributed by atoms with van der Waals surface area (Å²) in [5.74, 6) is -0.159. The van der Waals surface area contributed by atoms with Gasteiger partial charge in [0.15, 0.2) is 0 Å². The van der Waals surface area contributed by atoms with Crippen molar-refractivity contribution in [2.24, 2.45) is 11.5 Å².